The third-order valence-electron chi connectivity index (χ3n) is 3.06. The number of nitrogen functional groups attached to an aromatic ring is 1. The van der Waals surface area contributed by atoms with Crippen molar-refractivity contribution in [1.82, 2.24) is 0 Å². The topological polar surface area (TPSA) is 38.0 Å². The van der Waals surface area contributed by atoms with Crippen LogP contribution >= 0.6 is 0 Å². The van der Waals surface area contributed by atoms with Gasteiger partial charge < -0.3 is 11.1 Å². The first-order chi connectivity index (χ1) is 8.54. The molecule has 0 saturated carbocycles. The maximum atomic E-state index is 5.85. The van der Waals surface area contributed by atoms with E-state index in [1.165, 1.54) is 16.7 Å². The predicted octanol–water partition coefficient (Wildman–Crippen LogP) is 4.06. The van der Waals surface area contributed by atoms with Crippen molar-refractivity contribution in [2.45, 2.75) is 26.8 Å². The van der Waals surface area contributed by atoms with Gasteiger partial charge in [0.05, 0.1) is 0 Å². The van der Waals surface area contributed by atoms with Crippen molar-refractivity contribution in [1.29, 1.82) is 0 Å². The molecule has 0 bridgehead atoms. The molecule has 2 rings (SSSR count). The number of nitrogens with two attached hydrogens (primary N) is 1. The molecule has 0 fully saturated rings. The standard InChI is InChI=1S/C16H20N2/c1-11-4-6-14(7-5-11)13(3)18-16-9-12(2)8-15(17)10-16/h4-10,13,18H,17H2,1-3H3. The van der Waals surface area contributed by atoms with Crippen LogP contribution < -0.4 is 11.1 Å². The summed E-state index contributed by atoms with van der Waals surface area (Å²) in [6.45, 7) is 6.31. The second-order valence-electron chi connectivity index (χ2n) is 4.91. The van der Waals surface area contributed by atoms with E-state index in [0.717, 1.165) is 11.4 Å². The van der Waals surface area contributed by atoms with Gasteiger partial charge in [-0.15, -0.1) is 0 Å². The van der Waals surface area contributed by atoms with Gasteiger partial charge in [0.2, 0.25) is 0 Å². The number of rotatable bonds is 3. The monoisotopic (exact) mass is 240 g/mol. The smallest absolute Gasteiger partial charge is 0.0485 e. The lowest BCUT2D eigenvalue weighted by molar-refractivity contribution is 0.884. The van der Waals surface area contributed by atoms with E-state index in [0.29, 0.717) is 0 Å². The van der Waals surface area contributed by atoms with Crippen LogP contribution in [0.2, 0.25) is 0 Å². The minimum Gasteiger partial charge on any atom is -0.399 e. The summed E-state index contributed by atoms with van der Waals surface area (Å²) in [6, 6.07) is 14.9. The van der Waals surface area contributed by atoms with E-state index in [4.69, 9.17) is 5.73 Å². The van der Waals surface area contributed by atoms with Gasteiger partial charge in [0.1, 0.15) is 0 Å². The number of hydrogen-bond acceptors (Lipinski definition) is 2. The highest BCUT2D eigenvalue weighted by atomic mass is 14.9. The molecule has 3 N–H and O–H groups in total. The minimum atomic E-state index is 0.270. The maximum absolute atomic E-state index is 5.85. The lowest BCUT2D eigenvalue weighted by Gasteiger charge is -2.17. The Morgan fingerprint density at radius 3 is 2.22 bits per heavy atom. The van der Waals surface area contributed by atoms with Crippen LogP contribution in [-0.2, 0) is 0 Å². The van der Waals surface area contributed by atoms with Crippen LogP contribution in [0.4, 0.5) is 11.4 Å². The number of hydrogen-bond donors (Lipinski definition) is 2. The van der Waals surface area contributed by atoms with E-state index in [1.807, 2.05) is 12.1 Å². The number of benzene rings is 2. The minimum absolute atomic E-state index is 0.270. The van der Waals surface area contributed by atoms with Gasteiger partial charge in [-0.2, -0.15) is 0 Å². The molecule has 0 aliphatic heterocycles. The fraction of sp³-hybridized carbons (Fsp3) is 0.250. The van der Waals surface area contributed by atoms with Crippen LogP contribution in [0.1, 0.15) is 29.7 Å². The van der Waals surface area contributed by atoms with Crippen molar-refractivity contribution in [3.8, 4) is 0 Å². The summed E-state index contributed by atoms with van der Waals surface area (Å²) in [7, 11) is 0. The fourth-order valence-corrected chi connectivity index (χ4v) is 2.08. The van der Waals surface area contributed by atoms with Gasteiger partial charge in [0, 0.05) is 17.4 Å². The Hall–Kier alpha value is -1.96. The summed E-state index contributed by atoms with van der Waals surface area (Å²) >= 11 is 0. The van der Waals surface area contributed by atoms with Gasteiger partial charge in [0.15, 0.2) is 0 Å². The summed E-state index contributed by atoms with van der Waals surface area (Å²) in [4.78, 5) is 0. The molecule has 0 spiro atoms. The van der Waals surface area contributed by atoms with Gasteiger partial charge in [-0.05, 0) is 50.1 Å². The Bertz CT molecular complexity index is 509. The van der Waals surface area contributed by atoms with Gasteiger partial charge in [-0.1, -0.05) is 29.8 Å². The van der Waals surface area contributed by atoms with Gasteiger partial charge in [-0.25, -0.2) is 0 Å². The fourth-order valence-electron chi connectivity index (χ4n) is 2.08. The van der Waals surface area contributed by atoms with E-state index < -0.39 is 0 Å². The van der Waals surface area contributed by atoms with Crippen LogP contribution in [0, 0.1) is 13.8 Å². The lowest BCUT2D eigenvalue weighted by atomic mass is 10.1. The molecule has 2 aromatic carbocycles. The molecule has 1 unspecified atom stereocenters. The zero-order valence-electron chi connectivity index (χ0n) is 11.2. The number of anilines is 2. The maximum Gasteiger partial charge on any atom is 0.0485 e. The summed E-state index contributed by atoms with van der Waals surface area (Å²) in [6.07, 6.45) is 0. The van der Waals surface area contributed by atoms with Crippen molar-refractivity contribution in [3.05, 3.63) is 59.2 Å². The van der Waals surface area contributed by atoms with Crippen molar-refractivity contribution in [2.24, 2.45) is 0 Å². The first-order valence-electron chi connectivity index (χ1n) is 6.25. The van der Waals surface area contributed by atoms with Crippen molar-refractivity contribution in [3.63, 3.8) is 0 Å². The molecular formula is C16H20N2. The molecule has 94 valence electrons. The molecule has 2 aromatic rings. The molecule has 0 aliphatic carbocycles. The van der Waals surface area contributed by atoms with Gasteiger partial charge >= 0.3 is 0 Å². The van der Waals surface area contributed by atoms with Crippen molar-refractivity contribution in [2.75, 3.05) is 11.1 Å². The normalized spacial score (nSPS) is 12.2. The summed E-state index contributed by atoms with van der Waals surface area (Å²) < 4.78 is 0. The quantitative estimate of drug-likeness (QED) is 0.794. The average Bonchev–Trinajstić information content (AvgIpc) is 2.28. The number of nitrogens with one attached hydrogen (secondary N) is 1. The molecule has 1 atom stereocenters. The Balaban J connectivity index is 2.15. The molecule has 0 aliphatic rings. The van der Waals surface area contributed by atoms with E-state index >= 15 is 0 Å². The van der Waals surface area contributed by atoms with E-state index in [2.05, 4.69) is 56.4 Å². The first kappa shape index (κ1) is 12.5. The van der Waals surface area contributed by atoms with Crippen LogP contribution in [0.15, 0.2) is 42.5 Å². The SMILES string of the molecule is Cc1ccc(C(C)Nc2cc(C)cc(N)c2)cc1. The molecule has 0 radical (unpaired) electrons. The molecule has 2 nitrogen and oxygen atoms in total. The number of aryl methyl sites for hydroxylation is 2. The van der Waals surface area contributed by atoms with Crippen LogP contribution in [0.3, 0.4) is 0 Å². The first-order valence-corrected chi connectivity index (χ1v) is 6.25. The Labute approximate surface area is 109 Å². The molecule has 0 amide bonds. The molecule has 2 heteroatoms. The Morgan fingerprint density at radius 2 is 1.61 bits per heavy atom. The molecule has 0 saturated heterocycles. The van der Waals surface area contributed by atoms with Crippen LogP contribution in [0.5, 0.6) is 0 Å². The Kier molecular flexibility index (Phi) is 3.56. The average molecular weight is 240 g/mol. The molecule has 0 aromatic heterocycles. The molecule has 0 heterocycles. The third kappa shape index (κ3) is 3.04. The third-order valence-corrected chi connectivity index (χ3v) is 3.06. The summed E-state index contributed by atoms with van der Waals surface area (Å²) in [5, 5.41) is 3.48. The zero-order valence-corrected chi connectivity index (χ0v) is 11.2. The van der Waals surface area contributed by atoms with Gasteiger partial charge in [0.25, 0.3) is 0 Å². The second kappa shape index (κ2) is 5.13. The van der Waals surface area contributed by atoms with Gasteiger partial charge in [-0.3, -0.25) is 0 Å². The van der Waals surface area contributed by atoms with Crippen LogP contribution in [0.25, 0.3) is 0 Å². The highest BCUT2D eigenvalue weighted by Crippen LogP contribution is 2.22. The summed E-state index contributed by atoms with van der Waals surface area (Å²) in [5.74, 6) is 0. The van der Waals surface area contributed by atoms with Crippen LogP contribution in [-0.4, -0.2) is 0 Å². The molecule has 18 heavy (non-hydrogen) atoms. The van der Waals surface area contributed by atoms with E-state index in [1.54, 1.807) is 0 Å². The predicted molar refractivity (Wildman–Crippen MR) is 78.8 cm³/mol. The zero-order chi connectivity index (χ0) is 13.1. The van der Waals surface area contributed by atoms with E-state index in [-0.39, 0.29) is 6.04 Å². The second-order valence-corrected chi connectivity index (χ2v) is 4.91. The summed E-state index contributed by atoms with van der Waals surface area (Å²) in [5.41, 5.74) is 11.5. The lowest BCUT2D eigenvalue weighted by Crippen LogP contribution is -2.07. The Morgan fingerprint density at radius 1 is 0.944 bits per heavy atom. The highest BCUT2D eigenvalue weighted by molar-refractivity contribution is 5.57. The van der Waals surface area contributed by atoms with Crippen molar-refractivity contribution < 1.29 is 0 Å². The molecular weight excluding hydrogens is 220 g/mol. The highest BCUT2D eigenvalue weighted by Gasteiger charge is 2.05. The van der Waals surface area contributed by atoms with E-state index in [9.17, 15) is 0 Å². The van der Waals surface area contributed by atoms with Crippen molar-refractivity contribution >= 4 is 11.4 Å². The largest absolute Gasteiger partial charge is 0.399 e.